The predicted octanol–water partition coefficient (Wildman–Crippen LogP) is -1.78. The molecule has 6 N–H and O–H groups in total. The van der Waals surface area contributed by atoms with Gasteiger partial charge in [0.15, 0.2) is 0 Å². The topological polar surface area (TPSA) is 142 Å². The molecule has 2 atom stereocenters. The van der Waals surface area contributed by atoms with Crippen LogP contribution < -0.4 is 11.2 Å². The number of carboxylic acid groups (broad SMARTS) is 1. The van der Waals surface area contributed by atoms with E-state index in [9.17, 15) is 9.59 Å². The van der Waals surface area contributed by atoms with Gasteiger partial charge in [0.2, 0.25) is 0 Å². The zero-order valence-electron chi connectivity index (χ0n) is 6.72. The van der Waals surface area contributed by atoms with E-state index in [1.807, 2.05) is 0 Å². The van der Waals surface area contributed by atoms with E-state index in [1.54, 1.807) is 0 Å². The second kappa shape index (κ2) is 4.03. The summed E-state index contributed by atoms with van der Waals surface area (Å²) >= 11 is 0. The number of nitrogens with one attached hydrogen (secondary N) is 1. The van der Waals surface area contributed by atoms with Crippen LogP contribution in [0.5, 0.6) is 0 Å². The first kappa shape index (κ1) is 11.6. The molecule has 0 saturated carbocycles. The van der Waals surface area contributed by atoms with Gasteiger partial charge in [-0.1, -0.05) is 0 Å². The molecule has 2 unspecified atom stereocenters. The summed E-state index contributed by atoms with van der Waals surface area (Å²) in [4.78, 5) is 20.8. The molecule has 0 aromatic rings. The molecule has 0 aromatic carbocycles. The summed E-state index contributed by atoms with van der Waals surface area (Å²) in [5, 5.41) is 25.4. The van der Waals surface area contributed by atoms with Gasteiger partial charge in [-0.25, -0.2) is 15.1 Å². The number of nitrogens with two attached hydrogens (primary N) is 1. The lowest BCUT2D eigenvalue weighted by molar-refractivity contribution is -0.170. The van der Waals surface area contributed by atoms with Crippen LogP contribution >= 0.6 is 0 Å². The fraction of sp³-hybridized carbons (Fsp3) is 0.600. The number of aliphatic hydroxyl groups excluding tert-OH is 1. The second-order valence-corrected chi connectivity index (χ2v) is 2.28. The Labute approximate surface area is 72.9 Å². The fourth-order valence-electron chi connectivity index (χ4n) is 0.484. The van der Waals surface area contributed by atoms with Gasteiger partial charge in [0.1, 0.15) is 6.10 Å². The average molecular weight is 194 g/mol. The Kier molecular flexibility index (Phi) is 3.60. The highest BCUT2D eigenvalue weighted by atomic mass is 16.6. The second-order valence-electron chi connectivity index (χ2n) is 2.28. The molecule has 0 aliphatic heterocycles. The van der Waals surface area contributed by atoms with Crippen LogP contribution in [-0.2, 0) is 9.53 Å². The van der Waals surface area contributed by atoms with Crippen LogP contribution in [0.4, 0.5) is 4.79 Å². The van der Waals surface area contributed by atoms with E-state index < -0.39 is 23.9 Å². The molecule has 8 heteroatoms. The van der Waals surface area contributed by atoms with Crippen LogP contribution in [0.15, 0.2) is 0 Å². The lowest BCUT2D eigenvalue weighted by Crippen LogP contribution is -2.60. The maximum atomic E-state index is 10.4. The molecule has 0 fully saturated rings. The van der Waals surface area contributed by atoms with Crippen LogP contribution in [0.2, 0.25) is 0 Å². The normalized spacial score (nSPS) is 16.9. The number of hydrogen-bond acceptors (Lipinski definition) is 6. The van der Waals surface area contributed by atoms with E-state index >= 15 is 0 Å². The van der Waals surface area contributed by atoms with Crippen molar-refractivity contribution in [2.75, 3.05) is 0 Å². The van der Waals surface area contributed by atoms with E-state index in [0.717, 1.165) is 12.4 Å². The van der Waals surface area contributed by atoms with Gasteiger partial charge in [-0.3, -0.25) is 10.9 Å². The Morgan fingerprint density at radius 2 is 2.08 bits per heavy atom. The standard InChI is InChI=1S/C5H10N2O6/c1-2(8)5(6,3(9)10)13-4(11)7-12/h2,8,12H,6H2,1H3,(H,7,11)(H,9,10). The van der Waals surface area contributed by atoms with E-state index in [0.29, 0.717) is 0 Å². The number of hydrogen-bond donors (Lipinski definition) is 5. The first-order valence-electron chi connectivity index (χ1n) is 3.18. The number of aliphatic carboxylic acids is 1. The predicted molar refractivity (Wildman–Crippen MR) is 37.6 cm³/mol. The highest BCUT2D eigenvalue weighted by molar-refractivity contribution is 5.81. The number of ether oxygens (including phenoxy) is 1. The van der Waals surface area contributed by atoms with Crippen molar-refractivity contribution >= 4 is 12.1 Å². The third-order valence-electron chi connectivity index (χ3n) is 1.31. The summed E-state index contributed by atoms with van der Waals surface area (Å²) in [6.45, 7) is 1.03. The van der Waals surface area contributed by atoms with Gasteiger partial charge in [0.05, 0.1) is 0 Å². The van der Waals surface area contributed by atoms with E-state index in [1.165, 1.54) is 0 Å². The highest BCUT2D eigenvalue weighted by Gasteiger charge is 2.43. The average Bonchev–Trinajstić information content (AvgIpc) is 2.03. The molecule has 0 aliphatic rings. The van der Waals surface area contributed by atoms with Gasteiger partial charge >= 0.3 is 12.1 Å². The van der Waals surface area contributed by atoms with Crippen LogP contribution in [0.25, 0.3) is 0 Å². The summed E-state index contributed by atoms with van der Waals surface area (Å²) in [7, 11) is 0. The molecular formula is C5H10N2O6. The molecule has 0 heterocycles. The first-order chi connectivity index (χ1) is 5.84. The first-order valence-corrected chi connectivity index (χ1v) is 3.18. The summed E-state index contributed by atoms with van der Waals surface area (Å²) in [6, 6.07) is 0. The van der Waals surface area contributed by atoms with Gasteiger partial charge in [0, 0.05) is 0 Å². The van der Waals surface area contributed by atoms with Gasteiger partial charge in [-0.2, -0.15) is 0 Å². The van der Waals surface area contributed by atoms with Gasteiger partial charge in [-0.15, -0.1) is 0 Å². The van der Waals surface area contributed by atoms with E-state index in [-0.39, 0.29) is 0 Å². The number of carbonyl (C=O) groups is 2. The quantitative estimate of drug-likeness (QED) is 0.203. The monoisotopic (exact) mass is 194 g/mol. The molecule has 0 saturated heterocycles. The minimum atomic E-state index is -2.58. The highest BCUT2D eigenvalue weighted by Crippen LogP contribution is 2.09. The van der Waals surface area contributed by atoms with E-state index in [4.69, 9.17) is 21.2 Å². The fourth-order valence-corrected chi connectivity index (χ4v) is 0.484. The smallest absolute Gasteiger partial charge is 0.433 e. The van der Waals surface area contributed by atoms with Crippen molar-refractivity contribution in [1.82, 2.24) is 5.48 Å². The molecule has 76 valence electrons. The molecule has 0 rings (SSSR count). The maximum absolute atomic E-state index is 10.4. The Morgan fingerprint density at radius 3 is 2.31 bits per heavy atom. The summed E-state index contributed by atoms with van der Waals surface area (Å²) in [6.07, 6.45) is -3.09. The van der Waals surface area contributed by atoms with Crippen molar-refractivity contribution in [2.45, 2.75) is 18.8 Å². The van der Waals surface area contributed by atoms with Gasteiger partial charge in [0.25, 0.3) is 5.72 Å². The van der Waals surface area contributed by atoms with Gasteiger partial charge in [-0.05, 0) is 6.92 Å². The molecular weight excluding hydrogens is 184 g/mol. The molecule has 0 aromatic heterocycles. The number of rotatable bonds is 3. The molecule has 0 radical (unpaired) electrons. The Balaban J connectivity index is 4.61. The Morgan fingerprint density at radius 1 is 1.62 bits per heavy atom. The number of aliphatic hydroxyl groups is 1. The van der Waals surface area contributed by atoms with Crippen LogP contribution in [-0.4, -0.2) is 39.3 Å². The van der Waals surface area contributed by atoms with Crippen LogP contribution in [0.1, 0.15) is 6.92 Å². The van der Waals surface area contributed by atoms with Crippen molar-refractivity contribution in [1.29, 1.82) is 0 Å². The molecule has 0 aliphatic carbocycles. The lowest BCUT2D eigenvalue weighted by atomic mass is 10.1. The molecule has 1 amide bonds. The molecule has 0 spiro atoms. The van der Waals surface area contributed by atoms with Crippen molar-refractivity contribution < 1.29 is 29.7 Å². The summed E-state index contributed by atoms with van der Waals surface area (Å²) < 4.78 is 4.04. The summed E-state index contributed by atoms with van der Waals surface area (Å²) in [5.41, 5.74) is 3.45. The maximum Gasteiger partial charge on any atom is 0.433 e. The number of carbonyl (C=O) groups excluding carboxylic acids is 1. The van der Waals surface area contributed by atoms with Gasteiger partial charge < -0.3 is 14.9 Å². The van der Waals surface area contributed by atoms with Crippen LogP contribution in [0.3, 0.4) is 0 Å². The lowest BCUT2D eigenvalue weighted by Gasteiger charge is -2.26. The zero-order valence-corrected chi connectivity index (χ0v) is 6.72. The minimum absolute atomic E-state index is 1.01. The number of hydroxylamine groups is 1. The third kappa shape index (κ3) is 2.54. The third-order valence-corrected chi connectivity index (χ3v) is 1.31. The van der Waals surface area contributed by atoms with E-state index in [2.05, 4.69) is 4.74 Å². The SMILES string of the molecule is CC(O)C(N)(OC(=O)NO)C(=O)O. The zero-order chi connectivity index (χ0) is 10.6. The Bertz CT molecular complexity index is 217. The largest absolute Gasteiger partial charge is 0.477 e. The van der Waals surface area contributed by atoms with Crippen molar-refractivity contribution in [3.05, 3.63) is 0 Å². The molecule has 8 nitrogen and oxygen atoms in total. The molecule has 13 heavy (non-hydrogen) atoms. The number of carboxylic acids is 1. The summed E-state index contributed by atoms with van der Waals surface area (Å²) in [5.74, 6) is -1.73. The molecule has 0 bridgehead atoms. The number of amides is 1. The van der Waals surface area contributed by atoms with Crippen molar-refractivity contribution in [3.63, 3.8) is 0 Å². The van der Waals surface area contributed by atoms with Crippen molar-refractivity contribution in [3.8, 4) is 0 Å². The Hall–Kier alpha value is -1.38. The van der Waals surface area contributed by atoms with Crippen LogP contribution in [0, 0.1) is 0 Å². The van der Waals surface area contributed by atoms with Crippen molar-refractivity contribution in [2.24, 2.45) is 5.73 Å². The minimum Gasteiger partial charge on any atom is -0.477 e.